The summed E-state index contributed by atoms with van der Waals surface area (Å²) in [5.41, 5.74) is -0.409. The predicted octanol–water partition coefficient (Wildman–Crippen LogP) is 4.33. The van der Waals surface area contributed by atoms with Crippen LogP contribution < -0.4 is 5.32 Å². The maximum Gasteiger partial charge on any atom is 0.410 e. The van der Waals surface area contributed by atoms with Crippen LogP contribution in [0.2, 0.25) is 0 Å². The van der Waals surface area contributed by atoms with Gasteiger partial charge in [-0.05, 0) is 59.9 Å². The number of hydrogen-bond donors (Lipinski definition) is 1. The Kier molecular flexibility index (Phi) is 8.23. The summed E-state index contributed by atoms with van der Waals surface area (Å²) in [6.07, 6.45) is 8.22. The van der Waals surface area contributed by atoms with Crippen molar-refractivity contribution in [2.45, 2.75) is 97.2 Å². The van der Waals surface area contributed by atoms with Gasteiger partial charge < -0.3 is 15.0 Å². The fourth-order valence-corrected chi connectivity index (χ4v) is 3.03. The summed E-state index contributed by atoms with van der Waals surface area (Å²) >= 11 is 0. The molecule has 0 aromatic rings. The van der Waals surface area contributed by atoms with Gasteiger partial charge in [0.25, 0.3) is 0 Å². The third-order valence-corrected chi connectivity index (χ3v) is 4.15. The van der Waals surface area contributed by atoms with Crippen molar-refractivity contribution in [1.82, 2.24) is 10.2 Å². The lowest BCUT2D eigenvalue weighted by Crippen LogP contribution is -2.42. The third kappa shape index (κ3) is 7.48. The lowest BCUT2D eigenvalue weighted by molar-refractivity contribution is 0.0214. The molecule has 1 amide bonds. The zero-order valence-electron chi connectivity index (χ0n) is 15.3. The van der Waals surface area contributed by atoms with Gasteiger partial charge in [0, 0.05) is 18.6 Å². The molecule has 0 bridgehead atoms. The highest BCUT2D eigenvalue weighted by molar-refractivity contribution is 5.68. The molecule has 22 heavy (non-hydrogen) atoms. The molecule has 0 spiro atoms. The number of rotatable bonds is 8. The van der Waals surface area contributed by atoms with Gasteiger partial charge in [0.2, 0.25) is 0 Å². The zero-order chi connectivity index (χ0) is 16.6. The van der Waals surface area contributed by atoms with Gasteiger partial charge in [0.1, 0.15) is 5.60 Å². The van der Waals surface area contributed by atoms with Gasteiger partial charge >= 0.3 is 6.09 Å². The fraction of sp³-hybridized carbons (Fsp3) is 0.944. The van der Waals surface area contributed by atoms with Gasteiger partial charge in [-0.2, -0.15) is 0 Å². The molecule has 0 radical (unpaired) electrons. The molecule has 0 saturated carbocycles. The number of amides is 1. The molecule has 130 valence electrons. The van der Waals surface area contributed by atoms with E-state index in [0.717, 1.165) is 32.4 Å². The maximum absolute atomic E-state index is 12.3. The quantitative estimate of drug-likeness (QED) is 0.678. The molecule has 1 rings (SSSR count). The first-order valence-electron chi connectivity index (χ1n) is 9.06. The summed E-state index contributed by atoms with van der Waals surface area (Å²) in [5.74, 6) is 0. The van der Waals surface area contributed by atoms with Crippen LogP contribution in [-0.4, -0.2) is 41.8 Å². The second-order valence-corrected chi connectivity index (χ2v) is 7.62. The molecule has 2 atom stereocenters. The molecule has 1 aliphatic rings. The number of carbonyl (C=O) groups is 1. The summed E-state index contributed by atoms with van der Waals surface area (Å²) in [5, 5.41) is 3.60. The largest absolute Gasteiger partial charge is 0.444 e. The zero-order valence-corrected chi connectivity index (χ0v) is 15.3. The van der Waals surface area contributed by atoms with Crippen LogP contribution in [-0.2, 0) is 4.74 Å². The number of ether oxygens (including phenoxy) is 1. The molecule has 1 N–H and O–H groups in total. The summed E-state index contributed by atoms with van der Waals surface area (Å²) in [6, 6.07) is 0.780. The highest BCUT2D eigenvalue weighted by atomic mass is 16.6. The summed E-state index contributed by atoms with van der Waals surface area (Å²) in [7, 11) is 0. The monoisotopic (exact) mass is 312 g/mol. The molecule has 0 aliphatic carbocycles. The van der Waals surface area contributed by atoms with Crippen molar-refractivity contribution < 1.29 is 9.53 Å². The van der Waals surface area contributed by atoms with Crippen molar-refractivity contribution in [2.24, 2.45) is 0 Å². The molecule has 1 heterocycles. The highest BCUT2D eigenvalue weighted by Crippen LogP contribution is 2.24. The standard InChI is InChI=1S/C18H36N2O2/c1-6-7-8-9-12-19-15(2)14-16-11-10-13-20(16)17(21)22-18(3,4)5/h15-16,19H,6-14H2,1-5H3. The van der Waals surface area contributed by atoms with Crippen LogP contribution >= 0.6 is 0 Å². The SMILES string of the molecule is CCCCCCNC(C)CC1CCCN1C(=O)OC(C)(C)C. The van der Waals surface area contributed by atoms with Gasteiger partial charge in [-0.25, -0.2) is 4.79 Å². The van der Waals surface area contributed by atoms with E-state index in [2.05, 4.69) is 19.2 Å². The van der Waals surface area contributed by atoms with E-state index in [4.69, 9.17) is 4.74 Å². The van der Waals surface area contributed by atoms with Crippen molar-refractivity contribution >= 4 is 6.09 Å². The van der Waals surface area contributed by atoms with Crippen molar-refractivity contribution in [3.63, 3.8) is 0 Å². The second kappa shape index (κ2) is 9.39. The van der Waals surface area contributed by atoms with Crippen molar-refractivity contribution in [3.8, 4) is 0 Å². The molecule has 4 heteroatoms. The Labute approximate surface area is 137 Å². The number of nitrogens with zero attached hydrogens (tertiary/aromatic N) is 1. The lowest BCUT2D eigenvalue weighted by atomic mass is 10.1. The number of hydrogen-bond acceptors (Lipinski definition) is 3. The van der Waals surface area contributed by atoms with Crippen LogP contribution in [0.1, 0.15) is 79.6 Å². The molecular weight excluding hydrogens is 276 g/mol. The van der Waals surface area contributed by atoms with Gasteiger partial charge in [-0.1, -0.05) is 26.2 Å². The fourth-order valence-electron chi connectivity index (χ4n) is 3.03. The average Bonchev–Trinajstić information content (AvgIpc) is 2.84. The van der Waals surface area contributed by atoms with Crippen molar-refractivity contribution in [3.05, 3.63) is 0 Å². The third-order valence-electron chi connectivity index (χ3n) is 4.15. The normalized spacial score (nSPS) is 20.2. The second-order valence-electron chi connectivity index (χ2n) is 7.62. The van der Waals surface area contributed by atoms with E-state index < -0.39 is 5.60 Å². The number of unbranched alkanes of at least 4 members (excludes halogenated alkanes) is 3. The van der Waals surface area contributed by atoms with E-state index in [0.29, 0.717) is 12.1 Å². The minimum Gasteiger partial charge on any atom is -0.444 e. The first-order chi connectivity index (χ1) is 10.3. The summed E-state index contributed by atoms with van der Waals surface area (Å²) in [4.78, 5) is 14.2. The van der Waals surface area contributed by atoms with Crippen molar-refractivity contribution in [2.75, 3.05) is 13.1 Å². The smallest absolute Gasteiger partial charge is 0.410 e. The minimum atomic E-state index is -0.409. The Bertz CT molecular complexity index is 326. The number of carbonyl (C=O) groups excluding carboxylic acids is 1. The summed E-state index contributed by atoms with van der Waals surface area (Å²) < 4.78 is 5.53. The van der Waals surface area contributed by atoms with Gasteiger partial charge in [0.05, 0.1) is 0 Å². The minimum absolute atomic E-state index is 0.148. The van der Waals surface area contributed by atoms with Crippen LogP contribution in [0.25, 0.3) is 0 Å². The van der Waals surface area contributed by atoms with Crippen LogP contribution in [0.15, 0.2) is 0 Å². The number of likely N-dealkylation sites (tertiary alicyclic amines) is 1. The molecule has 0 aromatic heterocycles. The Balaban J connectivity index is 2.32. The van der Waals surface area contributed by atoms with Crippen LogP contribution in [0.4, 0.5) is 4.79 Å². The van der Waals surface area contributed by atoms with Gasteiger partial charge in [0.15, 0.2) is 0 Å². The van der Waals surface area contributed by atoms with Crippen LogP contribution in [0.5, 0.6) is 0 Å². The molecule has 1 saturated heterocycles. The Morgan fingerprint density at radius 2 is 2.05 bits per heavy atom. The van der Waals surface area contributed by atoms with Crippen molar-refractivity contribution in [1.29, 1.82) is 0 Å². The van der Waals surface area contributed by atoms with Gasteiger partial charge in [-0.15, -0.1) is 0 Å². The molecule has 0 aromatic carbocycles. The Morgan fingerprint density at radius 1 is 1.32 bits per heavy atom. The van der Waals surface area contributed by atoms with E-state index in [-0.39, 0.29) is 6.09 Å². The average molecular weight is 312 g/mol. The van der Waals surface area contributed by atoms with E-state index in [9.17, 15) is 4.79 Å². The first-order valence-corrected chi connectivity index (χ1v) is 9.06. The molecule has 1 aliphatic heterocycles. The van der Waals surface area contributed by atoms with E-state index in [1.807, 2.05) is 25.7 Å². The molecular formula is C18H36N2O2. The Hall–Kier alpha value is -0.770. The van der Waals surface area contributed by atoms with E-state index >= 15 is 0 Å². The number of nitrogens with one attached hydrogen (secondary N) is 1. The van der Waals surface area contributed by atoms with Crippen LogP contribution in [0, 0.1) is 0 Å². The summed E-state index contributed by atoms with van der Waals surface area (Å²) in [6.45, 7) is 12.2. The molecule has 1 fully saturated rings. The lowest BCUT2D eigenvalue weighted by Gasteiger charge is -2.30. The van der Waals surface area contributed by atoms with Gasteiger partial charge in [-0.3, -0.25) is 0 Å². The predicted molar refractivity (Wildman–Crippen MR) is 92.2 cm³/mol. The Morgan fingerprint density at radius 3 is 2.68 bits per heavy atom. The van der Waals surface area contributed by atoms with Crippen LogP contribution in [0.3, 0.4) is 0 Å². The topological polar surface area (TPSA) is 41.6 Å². The first kappa shape index (κ1) is 19.3. The van der Waals surface area contributed by atoms with E-state index in [1.165, 1.54) is 25.7 Å². The maximum atomic E-state index is 12.3. The molecule has 2 unspecified atom stereocenters. The molecule has 4 nitrogen and oxygen atoms in total. The highest BCUT2D eigenvalue weighted by Gasteiger charge is 2.32. The van der Waals surface area contributed by atoms with E-state index in [1.54, 1.807) is 0 Å².